The first-order valence-corrected chi connectivity index (χ1v) is 14.8. The Bertz CT molecular complexity index is 1610. The summed E-state index contributed by atoms with van der Waals surface area (Å²) in [5.41, 5.74) is 6.29. The van der Waals surface area contributed by atoms with Gasteiger partial charge in [0.2, 0.25) is 0 Å². The van der Waals surface area contributed by atoms with Gasteiger partial charge in [0.1, 0.15) is 34.5 Å². The minimum absolute atomic E-state index is 0.126. The highest BCUT2D eigenvalue weighted by atomic mass is 79.9. The van der Waals surface area contributed by atoms with Crippen molar-refractivity contribution in [1.82, 2.24) is 0 Å². The Morgan fingerprint density at radius 1 is 0.548 bits per heavy atom. The molecule has 0 saturated carbocycles. The number of benzene rings is 4. The zero-order valence-corrected chi connectivity index (χ0v) is 27.5. The molecule has 8 heteroatoms. The Labute approximate surface area is 263 Å². The quantitative estimate of drug-likeness (QED) is 0.175. The van der Waals surface area contributed by atoms with Gasteiger partial charge in [0.25, 0.3) is 0 Å². The van der Waals surface area contributed by atoms with Crippen LogP contribution in [0.5, 0.6) is 34.5 Å². The normalized spacial score (nSPS) is 16.6. The molecule has 4 aromatic carbocycles. The molecule has 1 aliphatic rings. The van der Waals surface area contributed by atoms with E-state index in [1.165, 1.54) is 0 Å². The summed E-state index contributed by atoms with van der Waals surface area (Å²) in [6.45, 7) is 0. The second-order valence-electron chi connectivity index (χ2n) is 9.72. The lowest BCUT2D eigenvalue weighted by atomic mass is 9.79. The molecule has 218 valence electrons. The molecule has 0 unspecified atom stereocenters. The maximum atomic E-state index is 6.07. The first kappa shape index (κ1) is 29.9. The average molecular weight is 696 g/mol. The Hall–Kier alpha value is -3.62. The van der Waals surface area contributed by atoms with E-state index in [2.05, 4.69) is 68.3 Å². The van der Waals surface area contributed by atoms with E-state index in [0.29, 0.717) is 17.2 Å². The van der Waals surface area contributed by atoms with Gasteiger partial charge in [-0.25, -0.2) is 0 Å². The third-order valence-electron chi connectivity index (χ3n) is 7.69. The van der Waals surface area contributed by atoms with Gasteiger partial charge < -0.3 is 28.4 Å². The molecule has 2 atom stereocenters. The fourth-order valence-electron chi connectivity index (χ4n) is 5.68. The smallest absolute Gasteiger partial charge is 0.137 e. The van der Waals surface area contributed by atoms with Crippen molar-refractivity contribution in [2.24, 2.45) is 0 Å². The van der Waals surface area contributed by atoms with Gasteiger partial charge >= 0.3 is 0 Å². The zero-order valence-electron chi connectivity index (χ0n) is 24.3. The fourth-order valence-corrected chi connectivity index (χ4v) is 7.04. The maximum absolute atomic E-state index is 6.07. The van der Waals surface area contributed by atoms with E-state index >= 15 is 0 Å². The van der Waals surface area contributed by atoms with Crippen LogP contribution in [0.3, 0.4) is 0 Å². The van der Waals surface area contributed by atoms with Crippen molar-refractivity contribution in [2.75, 3.05) is 42.7 Å². The topological polar surface area (TPSA) is 55.4 Å². The molecule has 0 aromatic heterocycles. The predicted molar refractivity (Wildman–Crippen MR) is 173 cm³/mol. The van der Waals surface area contributed by atoms with Crippen LogP contribution in [0.4, 0.5) is 0 Å². The number of ether oxygens (including phenoxy) is 6. The molecular weight excluding hydrogens is 664 g/mol. The van der Waals surface area contributed by atoms with Crippen LogP contribution in [-0.4, -0.2) is 42.7 Å². The first-order chi connectivity index (χ1) is 20.4. The Balaban J connectivity index is 1.90. The minimum Gasteiger partial charge on any atom is -0.497 e. The Kier molecular flexibility index (Phi) is 9.04. The molecule has 4 aromatic rings. The van der Waals surface area contributed by atoms with Gasteiger partial charge in [0.05, 0.1) is 51.6 Å². The highest BCUT2D eigenvalue weighted by Crippen LogP contribution is 2.62. The minimum atomic E-state index is -0.187. The molecule has 0 heterocycles. The van der Waals surface area contributed by atoms with Crippen molar-refractivity contribution in [2.45, 2.75) is 11.8 Å². The predicted octanol–water partition coefficient (Wildman–Crippen LogP) is 8.73. The molecule has 0 spiro atoms. The highest BCUT2D eigenvalue weighted by molar-refractivity contribution is 9.11. The van der Waals surface area contributed by atoms with E-state index in [1.807, 2.05) is 36.4 Å². The van der Waals surface area contributed by atoms with Crippen molar-refractivity contribution < 1.29 is 28.4 Å². The van der Waals surface area contributed by atoms with Crippen LogP contribution in [0, 0.1) is 0 Å². The molecule has 0 saturated heterocycles. The van der Waals surface area contributed by atoms with Crippen LogP contribution in [-0.2, 0) is 0 Å². The molecular formula is C34H32Br2O6. The Morgan fingerprint density at radius 3 is 1.64 bits per heavy atom. The molecule has 0 radical (unpaired) electrons. The number of fused-ring (bicyclic) bond motifs is 1. The zero-order chi connectivity index (χ0) is 30.0. The van der Waals surface area contributed by atoms with Gasteiger partial charge in [-0.05, 0) is 84.5 Å². The van der Waals surface area contributed by atoms with Crippen molar-refractivity contribution in [1.29, 1.82) is 0 Å². The number of methoxy groups -OCH3 is 6. The second-order valence-corrected chi connectivity index (χ2v) is 11.3. The van der Waals surface area contributed by atoms with Gasteiger partial charge in [-0.1, -0.05) is 30.3 Å². The van der Waals surface area contributed by atoms with Gasteiger partial charge in [-0.3, -0.25) is 0 Å². The van der Waals surface area contributed by atoms with Crippen molar-refractivity contribution in [3.8, 4) is 34.5 Å². The summed E-state index contributed by atoms with van der Waals surface area (Å²) < 4.78 is 36.0. The van der Waals surface area contributed by atoms with E-state index in [0.717, 1.165) is 59.6 Å². The third-order valence-corrected chi connectivity index (χ3v) is 9.32. The summed E-state index contributed by atoms with van der Waals surface area (Å²) in [7, 11) is 10.0. The van der Waals surface area contributed by atoms with Crippen LogP contribution in [0.25, 0.3) is 11.6 Å². The number of hydrogen-bond donors (Lipinski definition) is 0. The van der Waals surface area contributed by atoms with Gasteiger partial charge in [-0.15, -0.1) is 0 Å². The summed E-state index contributed by atoms with van der Waals surface area (Å²) >= 11 is 7.78. The van der Waals surface area contributed by atoms with Crippen LogP contribution < -0.4 is 28.4 Å². The molecule has 42 heavy (non-hydrogen) atoms. The van der Waals surface area contributed by atoms with E-state index in [1.54, 1.807) is 42.7 Å². The standard InChI is InChI=1S/C34H32Br2O6/c1-37-21-11-7-19(8-12-21)15-24-29(20-9-13-22(38-2)14-10-20)30(25-16-23(39-3)17-27(41-5)33(25)35)32-26(40-4)18-28(42-6)34(36)31(24)32/h7-18,29-30H,1-6H3/b24-15+/t29-,30+/m0/s1. The Morgan fingerprint density at radius 2 is 1.10 bits per heavy atom. The average Bonchev–Trinajstić information content (AvgIpc) is 3.36. The molecule has 0 N–H and O–H groups in total. The number of halogens is 2. The van der Waals surface area contributed by atoms with E-state index in [9.17, 15) is 0 Å². The molecule has 0 aliphatic heterocycles. The first-order valence-electron chi connectivity index (χ1n) is 13.2. The molecule has 1 aliphatic carbocycles. The summed E-state index contributed by atoms with van der Waals surface area (Å²) in [5.74, 6) is 4.05. The summed E-state index contributed by atoms with van der Waals surface area (Å²) in [6, 6.07) is 22.1. The number of rotatable bonds is 9. The largest absolute Gasteiger partial charge is 0.497 e. The van der Waals surface area contributed by atoms with Gasteiger partial charge in [-0.2, -0.15) is 0 Å². The van der Waals surface area contributed by atoms with Crippen molar-refractivity contribution in [3.05, 3.63) is 103 Å². The number of hydrogen-bond acceptors (Lipinski definition) is 6. The van der Waals surface area contributed by atoms with E-state index in [-0.39, 0.29) is 11.8 Å². The van der Waals surface area contributed by atoms with Crippen LogP contribution in [0.15, 0.2) is 75.7 Å². The van der Waals surface area contributed by atoms with Crippen LogP contribution >= 0.6 is 31.9 Å². The molecule has 0 fully saturated rings. The molecule has 0 bridgehead atoms. The summed E-state index contributed by atoms with van der Waals surface area (Å²) in [4.78, 5) is 0. The molecule has 0 amide bonds. The lowest BCUT2D eigenvalue weighted by Gasteiger charge is -2.26. The maximum Gasteiger partial charge on any atom is 0.137 e. The lowest BCUT2D eigenvalue weighted by molar-refractivity contribution is 0.386. The fraction of sp³-hybridized carbons (Fsp3) is 0.235. The summed E-state index contributed by atoms with van der Waals surface area (Å²) in [5, 5.41) is 0. The van der Waals surface area contributed by atoms with Gasteiger partial charge in [0, 0.05) is 35.1 Å². The van der Waals surface area contributed by atoms with E-state index in [4.69, 9.17) is 28.4 Å². The number of allylic oxidation sites excluding steroid dienone is 1. The lowest BCUT2D eigenvalue weighted by Crippen LogP contribution is -2.10. The van der Waals surface area contributed by atoms with Crippen molar-refractivity contribution in [3.63, 3.8) is 0 Å². The SMILES string of the molecule is COc1ccc(/C=C2/c3c(Br)c(OC)cc(OC)c3[C@H](c3cc(OC)cc(OC)c3Br)[C@H]2c2ccc(OC)cc2)cc1. The second kappa shape index (κ2) is 12.7. The van der Waals surface area contributed by atoms with Gasteiger partial charge in [0.15, 0.2) is 0 Å². The highest BCUT2D eigenvalue weighted by Gasteiger charge is 2.44. The monoisotopic (exact) mass is 694 g/mol. The van der Waals surface area contributed by atoms with E-state index < -0.39 is 0 Å². The molecule has 6 nitrogen and oxygen atoms in total. The van der Waals surface area contributed by atoms with Crippen LogP contribution in [0.2, 0.25) is 0 Å². The third kappa shape index (κ3) is 5.34. The summed E-state index contributed by atoms with van der Waals surface area (Å²) in [6.07, 6.45) is 2.22. The molecule has 5 rings (SSSR count). The van der Waals surface area contributed by atoms with Crippen molar-refractivity contribution >= 4 is 43.5 Å². The van der Waals surface area contributed by atoms with Crippen LogP contribution in [0.1, 0.15) is 39.7 Å².